The molecule has 0 amide bonds. The molecule has 4 rings (SSSR count). The minimum atomic E-state index is 0.179. The topological polar surface area (TPSA) is 101 Å². The summed E-state index contributed by atoms with van der Waals surface area (Å²) in [6.07, 6.45) is 8.62. The van der Waals surface area contributed by atoms with Crippen molar-refractivity contribution in [1.29, 1.82) is 0 Å². The number of aromatic hydroxyl groups is 1. The van der Waals surface area contributed by atoms with Crippen LogP contribution in [-0.4, -0.2) is 47.3 Å². The second-order valence-electron chi connectivity index (χ2n) is 7.84. The third kappa shape index (κ3) is 3.88. The largest absolute Gasteiger partial charge is 0.507 e. The van der Waals surface area contributed by atoms with Gasteiger partial charge in [-0.2, -0.15) is 0 Å². The lowest BCUT2D eigenvalue weighted by Crippen LogP contribution is -2.44. The minimum absolute atomic E-state index is 0.179. The Morgan fingerprint density at radius 3 is 2.57 bits per heavy atom. The third-order valence-corrected chi connectivity index (χ3v) is 6.20. The SMILES string of the molecule is N/C(=C\c1c(C2CCC(N3CCOCC3)CC2)c[nH]c1N)c1ccccc1O. The number of phenolic OH excluding ortho intramolecular Hbond substituents is 1. The van der Waals surface area contributed by atoms with Gasteiger partial charge in [-0.3, -0.25) is 4.90 Å². The summed E-state index contributed by atoms with van der Waals surface area (Å²) < 4.78 is 5.49. The fourth-order valence-electron chi connectivity index (χ4n) is 4.61. The Morgan fingerprint density at radius 1 is 1.14 bits per heavy atom. The second-order valence-corrected chi connectivity index (χ2v) is 7.84. The number of hydrogen-bond donors (Lipinski definition) is 4. The molecule has 28 heavy (non-hydrogen) atoms. The fraction of sp³-hybridized carbons (Fsp3) is 0.455. The van der Waals surface area contributed by atoms with Gasteiger partial charge in [-0.05, 0) is 55.4 Å². The Morgan fingerprint density at radius 2 is 1.86 bits per heavy atom. The van der Waals surface area contributed by atoms with Gasteiger partial charge in [0.2, 0.25) is 0 Å². The number of nitrogens with zero attached hydrogens (tertiary/aromatic N) is 1. The monoisotopic (exact) mass is 382 g/mol. The first-order valence-corrected chi connectivity index (χ1v) is 10.2. The summed E-state index contributed by atoms with van der Waals surface area (Å²) in [6.45, 7) is 3.82. The highest BCUT2D eigenvalue weighted by Crippen LogP contribution is 2.39. The number of aromatic amines is 1. The Labute approximate surface area is 166 Å². The second kappa shape index (κ2) is 8.29. The molecule has 1 saturated carbocycles. The molecular weight excluding hydrogens is 352 g/mol. The van der Waals surface area contributed by atoms with E-state index in [1.807, 2.05) is 24.4 Å². The predicted molar refractivity (Wildman–Crippen MR) is 113 cm³/mol. The van der Waals surface area contributed by atoms with Gasteiger partial charge in [0.15, 0.2) is 0 Å². The van der Waals surface area contributed by atoms with Crippen LogP contribution < -0.4 is 11.5 Å². The lowest BCUT2D eigenvalue weighted by Gasteiger charge is -2.38. The van der Waals surface area contributed by atoms with Gasteiger partial charge in [-0.25, -0.2) is 0 Å². The maximum absolute atomic E-state index is 10.1. The first-order valence-electron chi connectivity index (χ1n) is 10.2. The van der Waals surface area contributed by atoms with Gasteiger partial charge in [-0.1, -0.05) is 12.1 Å². The number of benzene rings is 1. The van der Waals surface area contributed by atoms with Gasteiger partial charge in [0, 0.05) is 42.2 Å². The number of phenols is 1. The normalized spacial score (nSPS) is 24.4. The summed E-state index contributed by atoms with van der Waals surface area (Å²) in [6, 6.07) is 7.78. The van der Waals surface area contributed by atoms with Crippen LogP contribution in [0.5, 0.6) is 5.75 Å². The van der Waals surface area contributed by atoms with E-state index in [9.17, 15) is 5.11 Å². The molecule has 2 fully saturated rings. The number of ether oxygens (including phenoxy) is 1. The van der Waals surface area contributed by atoms with Gasteiger partial charge < -0.3 is 26.3 Å². The van der Waals surface area contributed by atoms with E-state index in [4.69, 9.17) is 16.2 Å². The number of morpholine rings is 1. The van der Waals surface area contributed by atoms with Gasteiger partial charge in [0.1, 0.15) is 11.6 Å². The van der Waals surface area contributed by atoms with Gasteiger partial charge in [0.25, 0.3) is 0 Å². The van der Waals surface area contributed by atoms with Crippen LogP contribution in [0.3, 0.4) is 0 Å². The number of rotatable bonds is 4. The number of anilines is 1. The number of H-pyrrole nitrogens is 1. The molecule has 6 heteroatoms. The summed E-state index contributed by atoms with van der Waals surface area (Å²) in [7, 11) is 0. The maximum atomic E-state index is 10.1. The van der Waals surface area contributed by atoms with Crippen molar-refractivity contribution in [1.82, 2.24) is 9.88 Å². The van der Waals surface area contributed by atoms with Crippen molar-refractivity contribution < 1.29 is 9.84 Å². The molecule has 2 heterocycles. The molecule has 0 unspecified atom stereocenters. The van der Waals surface area contributed by atoms with Crippen molar-refractivity contribution in [2.75, 3.05) is 32.0 Å². The molecule has 1 aromatic carbocycles. The Bertz CT molecular complexity index is 831. The van der Waals surface area contributed by atoms with Crippen LogP contribution >= 0.6 is 0 Å². The van der Waals surface area contributed by atoms with Crippen molar-refractivity contribution in [3.63, 3.8) is 0 Å². The highest BCUT2D eigenvalue weighted by Gasteiger charge is 2.29. The van der Waals surface area contributed by atoms with Crippen LogP contribution in [0.1, 0.15) is 48.3 Å². The molecule has 1 aromatic heterocycles. The number of nitrogen functional groups attached to an aromatic ring is 1. The maximum Gasteiger partial charge on any atom is 0.124 e. The van der Waals surface area contributed by atoms with Gasteiger partial charge in [0.05, 0.1) is 13.2 Å². The van der Waals surface area contributed by atoms with Gasteiger partial charge in [-0.15, -0.1) is 0 Å². The third-order valence-electron chi connectivity index (χ3n) is 6.20. The van der Waals surface area contributed by atoms with Crippen molar-refractivity contribution >= 4 is 17.6 Å². The van der Waals surface area contributed by atoms with Crippen LogP contribution in [0.25, 0.3) is 11.8 Å². The molecule has 2 aromatic rings. The first kappa shape index (κ1) is 18.9. The molecule has 6 N–H and O–H groups in total. The van der Waals surface area contributed by atoms with Crippen molar-refractivity contribution in [2.45, 2.75) is 37.6 Å². The zero-order valence-corrected chi connectivity index (χ0v) is 16.2. The zero-order valence-electron chi connectivity index (χ0n) is 16.2. The number of hydrogen-bond acceptors (Lipinski definition) is 5. The number of aromatic nitrogens is 1. The minimum Gasteiger partial charge on any atom is -0.507 e. The summed E-state index contributed by atoms with van der Waals surface area (Å²) in [5, 5.41) is 10.1. The summed E-state index contributed by atoms with van der Waals surface area (Å²) in [5.41, 5.74) is 15.8. The molecule has 0 atom stereocenters. The van der Waals surface area contributed by atoms with Crippen molar-refractivity contribution in [2.24, 2.45) is 5.73 Å². The molecule has 0 bridgehead atoms. The van der Waals surface area contributed by atoms with E-state index >= 15 is 0 Å². The summed E-state index contributed by atoms with van der Waals surface area (Å²) in [4.78, 5) is 5.75. The van der Waals surface area contributed by atoms with Crippen molar-refractivity contribution in [3.05, 3.63) is 47.2 Å². The Hall–Kier alpha value is -2.44. The van der Waals surface area contributed by atoms with E-state index in [0.717, 1.165) is 44.7 Å². The van der Waals surface area contributed by atoms with E-state index in [1.165, 1.54) is 18.4 Å². The van der Waals surface area contributed by atoms with Crippen LogP contribution in [0.4, 0.5) is 5.82 Å². The van der Waals surface area contributed by atoms with Gasteiger partial charge >= 0.3 is 0 Å². The Kier molecular flexibility index (Phi) is 5.59. The predicted octanol–water partition coefficient (Wildman–Crippen LogP) is 3.12. The van der Waals surface area contributed by atoms with E-state index in [1.54, 1.807) is 12.1 Å². The highest BCUT2D eigenvalue weighted by atomic mass is 16.5. The fourth-order valence-corrected chi connectivity index (χ4v) is 4.61. The molecule has 150 valence electrons. The molecule has 1 aliphatic carbocycles. The number of nitrogens with two attached hydrogens (primary N) is 2. The van der Waals surface area contributed by atoms with E-state index in [2.05, 4.69) is 9.88 Å². The molecule has 0 radical (unpaired) electrons. The summed E-state index contributed by atoms with van der Waals surface area (Å²) >= 11 is 0. The van der Waals surface area contributed by atoms with Crippen LogP contribution in [0.2, 0.25) is 0 Å². The molecule has 1 saturated heterocycles. The quantitative estimate of drug-likeness (QED) is 0.651. The molecule has 0 spiro atoms. The van der Waals surface area contributed by atoms with E-state index in [-0.39, 0.29) is 5.75 Å². The average Bonchev–Trinajstić information content (AvgIpc) is 3.09. The molecule has 6 nitrogen and oxygen atoms in total. The van der Waals surface area contributed by atoms with Crippen LogP contribution in [0.15, 0.2) is 30.5 Å². The van der Waals surface area contributed by atoms with Crippen LogP contribution in [-0.2, 0) is 4.74 Å². The zero-order chi connectivity index (χ0) is 19.5. The molecule has 1 aliphatic heterocycles. The van der Waals surface area contributed by atoms with E-state index in [0.29, 0.717) is 29.0 Å². The smallest absolute Gasteiger partial charge is 0.124 e. The molecular formula is C22H30N4O2. The van der Waals surface area contributed by atoms with Crippen molar-refractivity contribution in [3.8, 4) is 5.75 Å². The number of nitrogens with one attached hydrogen (secondary N) is 1. The first-order chi connectivity index (χ1) is 13.6. The lowest BCUT2D eigenvalue weighted by atomic mass is 9.80. The highest BCUT2D eigenvalue weighted by molar-refractivity contribution is 5.85. The summed E-state index contributed by atoms with van der Waals surface area (Å²) in [5.74, 6) is 1.29. The Balaban J connectivity index is 1.50. The molecule has 2 aliphatic rings. The van der Waals surface area contributed by atoms with Crippen LogP contribution in [0, 0.1) is 0 Å². The average molecular weight is 383 g/mol. The number of para-hydroxylation sites is 1. The standard InChI is InChI=1S/C22H30N4O2/c23-20(17-3-1-2-4-21(17)27)13-18-19(14-25-22(18)24)15-5-7-16(8-6-15)26-9-11-28-12-10-26/h1-4,13-16,25,27H,5-12,23-24H2/b20-13-. The van der Waals surface area contributed by atoms with E-state index < -0.39 is 0 Å². The lowest BCUT2D eigenvalue weighted by molar-refractivity contribution is 0.00730.